The van der Waals surface area contributed by atoms with E-state index in [0.29, 0.717) is 25.0 Å². The van der Waals surface area contributed by atoms with E-state index in [1.807, 2.05) is 30.0 Å². The average molecular weight is 413 g/mol. The average Bonchev–Trinajstić information content (AvgIpc) is 3.46. The van der Waals surface area contributed by atoms with Gasteiger partial charge in [0.05, 0.1) is 6.10 Å². The van der Waals surface area contributed by atoms with Crippen LogP contribution in [-0.2, 0) is 9.53 Å². The Morgan fingerprint density at radius 3 is 2.73 bits per heavy atom. The Morgan fingerprint density at radius 1 is 1.13 bits per heavy atom. The van der Waals surface area contributed by atoms with Crippen molar-refractivity contribution in [3.63, 3.8) is 0 Å². The Hall–Kier alpha value is -2.12. The van der Waals surface area contributed by atoms with Crippen LogP contribution in [0.1, 0.15) is 31.2 Å². The minimum atomic E-state index is -0.0468. The first-order valence-electron chi connectivity index (χ1n) is 11.3. The summed E-state index contributed by atoms with van der Waals surface area (Å²) < 4.78 is 11.5. The fraction of sp³-hybridized carbons (Fsp3) is 0.652. The second-order valence-electron chi connectivity index (χ2n) is 9.29. The number of morpholine rings is 1. The molecule has 1 amide bonds. The zero-order valence-electron chi connectivity index (χ0n) is 17.8. The van der Waals surface area contributed by atoms with E-state index in [2.05, 4.69) is 15.2 Å². The Labute approximate surface area is 177 Å². The molecule has 1 aliphatic carbocycles. The zero-order chi connectivity index (χ0) is 20.5. The summed E-state index contributed by atoms with van der Waals surface area (Å²) in [5.74, 6) is 1.68. The third kappa shape index (κ3) is 4.78. The number of ether oxygens (including phenoxy) is 1. The number of nitrogens with zero attached hydrogens (tertiary/aromatic N) is 3. The predicted molar refractivity (Wildman–Crippen MR) is 115 cm³/mol. The minimum Gasteiger partial charge on any atom is -0.424 e. The molecule has 0 bridgehead atoms. The standard InChI is InChI=1S/C23H32N4O3/c1-16-2-5-21-20(10-16)25-23(30-21)24-11-19-14-27(22(28)15-29-19)13-18-6-8-26(9-7-18)12-17-3-4-17/h2,5,10,17-19H,3-4,6-9,11-15H2,1H3,(H,24,25). The number of oxazole rings is 1. The molecule has 1 N–H and O–H groups in total. The molecule has 0 radical (unpaired) electrons. The second kappa shape index (κ2) is 8.55. The number of amides is 1. The Bertz CT molecular complexity index is 886. The van der Waals surface area contributed by atoms with Crippen LogP contribution in [0.3, 0.4) is 0 Å². The van der Waals surface area contributed by atoms with Crippen LogP contribution >= 0.6 is 0 Å². The number of anilines is 1. The number of aromatic nitrogens is 1. The maximum atomic E-state index is 12.4. The Morgan fingerprint density at radius 2 is 1.93 bits per heavy atom. The number of fused-ring (bicyclic) bond motifs is 1. The van der Waals surface area contributed by atoms with Gasteiger partial charge in [-0.15, -0.1) is 0 Å². The van der Waals surface area contributed by atoms with Crippen molar-refractivity contribution < 1.29 is 13.9 Å². The highest BCUT2D eigenvalue weighted by atomic mass is 16.5. The quantitative estimate of drug-likeness (QED) is 0.754. The van der Waals surface area contributed by atoms with E-state index in [1.165, 1.54) is 45.3 Å². The maximum absolute atomic E-state index is 12.4. The minimum absolute atomic E-state index is 0.0468. The number of rotatable bonds is 7. The molecule has 1 aromatic carbocycles. The van der Waals surface area contributed by atoms with E-state index in [9.17, 15) is 4.79 Å². The van der Waals surface area contributed by atoms with Crippen LogP contribution in [-0.4, -0.2) is 72.7 Å². The molecule has 3 heterocycles. The van der Waals surface area contributed by atoms with Gasteiger partial charge in [-0.1, -0.05) is 6.07 Å². The molecule has 1 unspecified atom stereocenters. The molecule has 2 saturated heterocycles. The first-order valence-corrected chi connectivity index (χ1v) is 11.3. The van der Waals surface area contributed by atoms with E-state index >= 15 is 0 Å². The number of nitrogens with one attached hydrogen (secondary N) is 1. The third-order valence-electron chi connectivity index (χ3n) is 6.64. The topological polar surface area (TPSA) is 70.8 Å². The van der Waals surface area contributed by atoms with Crippen molar-refractivity contribution in [1.82, 2.24) is 14.8 Å². The summed E-state index contributed by atoms with van der Waals surface area (Å²) in [6.07, 6.45) is 5.18. The molecule has 2 aromatic rings. The number of carbonyl (C=O) groups is 1. The Kier molecular flexibility index (Phi) is 5.65. The van der Waals surface area contributed by atoms with Gasteiger partial charge in [-0.25, -0.2) is 0 Å². The third-order valence-corrected chi connectivity index (χ3v) is 6.64. The van der Waals surface area contributed by atoms with Crippen molar-refractivity contribution in [3.8, 4) is 0 Å². The van der Waals surface area contributed by atoms with Crippen LogP contribution in [0.15, 0.2) is 22.6 Å². The first kappa shape index (κ1) is 19.8. The highest BCUT2D eigenvalue weighted by Crippen LogP contribution is 2.31. The summed E-state index contributed by atoms with van der Waals surface area (Å²) in [5.41, 5.74) is 2.79. The second-order valence-corrected chi connectivity index (χ2v) is 9.29. The van der Waals surface area contributed by atoms with Crippen LogP contribution in [0.4, 0.5) is 6.01 Å². The SMILES string of the molecule is Cc1ccc2oc(NCC3CN(CC4CCN(CC5CC5)CC4)C(=O)CO3)nc2c1. The fourth-order valence-corrected chi connectivity index (χ4v) is 4.62. The monoisotopic (exact) mass is 412 g/mol. The van der Waals surface area contributed by atoms with Crippen LogP contribution in [0.2, 0.25) is 0 Å². The smallest absolute Gasteiger partial charge is 0.295 e. The van der Waals surface area contributed by atoms with Crippen LogP contribution in [0.25, 0.3) is 11.1 Å². The molecule has 7 nitrogen and oxygen atoms in total. The van der Waals surface area contributed by atoms with Gasteiger partial charge in [0.25, 0.3) is 6.01 Å². The molecule has 1 atom stereocenters. The molecule has 0 spiro atoms. The molecule has 3 fully saturated rings. The van der Waals surface area contributed by atoms with E-state index in [1.54, 1.807) is 0 Å². The largest absolute Gasteiger partial charge is 0.424 e. The lowest BCUT2D eigenvalue weighted by Gasteiger charge is -2.38. The summed E-state index contributed by atoms with van der Waals surface area (Å²) in [5, 5.41) is 3.24. The summed E-state index contributed by atoms with van der Waals surface area (Å²) in [6, 6.07) is 6.47. The van der Waals surface area contributed by atoms with Gasteiger partial charge in [0.1, 0.15) is 12.1 Å². The highest BCUT2D eigenvalue weighted by Gasteiger charge is 2.31. The lowest BCUT2D eigenvalue weighted by molar-refractivity contribution is -0.149. The van der Waals surface area contributed by atoms with Crippen LogP contribution in [0.5, 0.6) is 0 Å². The highest BCUT2D eigenvalue weighted by molar-refractivity contribution is 5.78. The number of likely N-dealkylation sites (tertiary alicyclic amines) is 1. The fourth-order valence-electron chi connectivity index (χ4n) is 4.62. The van der Waals surface area contributed by atoms with Crippen molar-refractivity contribution in [2.75, 3.05) is 51.2 Å². The van der Waals surface area contributed by atoms with Crippen LogP contribution in [0, 0.1) is 18.8 Å². The summed E-state index contributed by atoms with van der Waals surface area (Å²) in [7, 11) is 0. The molecule has 2 aliphatic heterocycles. The summed E-state index contributed by atoms with van der Waals surface area (Å²) >= 11 is 0. The molecule has 3 aliphatic rings. The van der Waals surface area contributed by atoms with Gasteiger partial charge in [-0.3, -0.25) is 4.79 Å². The number of carbonyl (C=O) groups excluding carboxylic acids is 1. The predicted octanol–water partition coefficient (Wildman–Crippen LogP) is 2.90. The van der Waals surface area contributed by atoms with E-state index in [-0.39, 0.29) is 18.6 Å². The lowest BCUT2D eigenvalue weighted by atomic mass is 9.95. The van der Waals surface area contributed by atoms with Crippen LogP contribution < -0.4 is 5.32 Å². The molecule has 1 saturated carbocycles. The first-order chi connectivity index (χ1) is 14.6. The maximum Gasteiger partial charge on any atom is 0.295 e. The van der Waals surface area contributed by atoms with E-state index in [4.69, 9.17) is 9.15 Å². The van der Waals surface area contributed by atoms with E-state index in [0.717, 1.165) is 29.1 Å². The molecule has 5 rings (SSSR count). The van der Waals surface area contributed by atoms with Gasteiger partial charge < -0.3 is 24.3 Å². The molecule has 7 heteroatoms. The molecule has 162 valence electrons. The van der Waals surface area contributed by atoms with Crippen molar-refractivity contribution in [2.45, 2.75) is 38.7 Å². The molecule has 1 aromatic heterocycles. The molecule has 30 heavy (non-hydrogen) atoms. The number of hydrogen-bond acceptors (Lipinski definition) is 6. The molecular formula is C23H32N4O3. The van der Waals surface area contributed by atoms with E-state index < -0.39 is 0 Å². The van der Waals surface area contributed by atoms with Crippen molar-refractivity contribution in [2.24, 2.45) is 11.8 Å². The summed E-state index contributed by atoms with van der Waals surface area (Å²) in [6.45, 7) is 7.93. The van der Waals surface area contributed by atoms with Gasteiger partial charge in [-0.05, 0) is 75.2 Å². The van der Waals surface area contributed by atoms with Gasteiger partial charge in [0, 0.05) is 26.2 Å². The van der Waals surface area contributed by atoms with Crippen molar-refractivity contribution in [1.29, 1.82) is 0 Å². The number of piperidine rings is 1. The summed E-state index contributed by atoms with van der Waals surface area (Å²) in [4.78, 5) is 21.5. The zero-order valence-corrected chi connectivity index (χ0v) is 17.8. The number of hydrogen-bond donors (Lipinski definition) is 1. The van der Waals surface area contributed by atoms with Crippen molar-refractivity contribution in [3.05, 3.63) is 23.8 Å². The lowest BCUT2D eigenvalue weighted by Crippen LogP contribution is -2.51. The number of benzene rings is 1. The Balaban J connectivity index is 1.10. The van der Waals surface area contributed by atoms with Gasteiger partial charge in [0.15, 0.2) is 5.58 Å². The normalized spacial score (nSPS) is 24.0. The van der Waals surface area contributed by atoms with Gasteiger partial charge in [0.2, 0.25) is 5.91 Å². The van der Waals surface area contributed by atoms with Gasteiger partial charge >= 0.3 is 0 Å². The van der Waals surface area contributed by atoms with Crippen molar-refractivity contribution >= 4 is 23.0 Å². The molecular weight excluding hydrogens is 380 g/mol. The number of aryl methyl sites for hydroxylation is 1. The van der Waals surface area contributed by atoms with Gasteiger partial charge in [-0.2, -0.15) is 4.98 Å².